The summed E-state index contributed by atoms with van der Waals surface area (Å²) in [6.07, 6.45) is -0.449. The number of para-hydroxylation sites is 2. The van der Waals surface area contributed by atoms with Crippen molar-refractivity contribution in [1.29, 1.82) is 0 Å². The van der Waals surface area contributed by atoms with Crippen LogP contribution < -0.4 is 13.9 Å². The lowest BCUT2D eigenvalue weighted by molar-refractivity contribution is -0.148. The standard InChI is InChI=1S/C26H24N2O6S/c1-17-7-10-20(11-8-17)35(31,32)28-14-13-18-15-19(9-12-21(18)28)25(29)27-16-24(26(30)33-2)34-23-6-4-3-5-22(23)27/h3-12,15,24H,13-14,16H2,1-2H3. The van der Waals surface area contributed by atoms with Gasteiger partial charge in [0.05, 0.1) is 29.9 Å². The first kappa shape index (κ1) is 22.9. The minimum absolute atomic E-state index is 0.00747. The number of hydrogen-bond acceptors (Lipinski definition) is 6. The molecule has 0 fully saturated rings. The van der Waals surface area contributed by atoms with Gasteiger partial charge in [-0.1, -0.05) is 29.8 Å². The molecule has 0 bridgehead atoms. The molecule has 1 unspecified atom stereocenters. The molecule has 2 aliphatic rings. The molecule has 0 radical (unpaired) electrons. The van der Waals surface area contributed by atoms with Crippen molar-refractivity contribution in [3.8, 4) is 5.75 Å². The summed E-state index contributed by atoms with van der Waals surface area (Å²) in [7, 11) is -2.44. The number of hydrogen-bond donors (Lipinski definition) is 0. The minimum atomic E-state index is -3.71. The van der Waals surface area contributed by atoms with Crippen LogP contribution in [0.5, 0.6) is 5.75 Å². The van der Waals surface area contributed by atoms with Gasteiger partial charge in [0.2, 0.25) is 6.10 Å². The van der Waals surface area contributed by atoms with Crippen molar-refractivity contribution >= 4 is 33.3 Å². The van der Waals surface area contributed by atoms with E-state index in [-0.39, 0.29) is 17.3 Å². The molecular weight excluding hydrogens is 468 g/mol. The van der Waals surface area contributed by atoms with Crippen molar-refractivity contribution in [3.05, 3.63) is 83.4 Å². The highest BCUT2D eigenvalue weighted by atomic mass is 32.2. The Morgan fingerprint density at radius 1 is 1.00 bits per heavy atom. The summed E-state index contributed by atoms with van der Waals surface area (Å²) in [4.78, 5) is 27.4. The molecule has 5 rings (SSSR count). The summed E-state index contributed by atoms with van der Waals surface area (Å²) >= 11 is 0. The fraction of sp³-hybridized carbons (Fsp3) is 0.231. The topological polar surface area (TPSA) is 93.2 Å². The number of amides is 1. The number of nitrogens with zero attached hydrogens (tertiary/aromatic N) is 2. The molecule has 0 aromatic heterocycles. The number of aryl methyl sites for hydroxylation is 1. The van der Waals surface area contributed by atoms with E-state index in [4.69, 9.17) is 9.47 Å². The lowest BCUT2D eigenvalue weighted by Crippen LogP contribution is -2.47. The summed E-state index contributed by atoms with van der Waals surface area (Å²) in [5.74, 6) is -0.459. The maximum absolute atomic E-state index is 13.5. The lowest BCUT2D eigenvalue weighted by Gasteiger charge is -2.33. The second-order valence-corrected chi connectivity index (χ2v) is 10.4. The summed E-state index contributed by atoms with van der Waals surface area (Å²) in [5, 5.41) is 0. The van der Waals surface area contributed by atoms with Crippen LogP contribution in [0, 0.1) is 6.92 Å². The van der Waals surface area contributed by atoms with Crippen LogP contribution in [0.3, 0.4) is 0 Å². The molecule has 9 heteroatoms. The molecule has 0 saturated heterocycles. The normalized spacial score (nSPS) is 16.8. The largest absolute Gasteiger partial charge is 0.475 e. The number of fused-ring (bicyclic) bond motifs is 2. The van der Waals surface area contributed by atoms with E-state index in [0.717, 1.165) is 11.1 Å². The fourth-order valence-corrected chi connectivity index (χ4v) is 5.93. The van der Waals surface area contributed by atoms with E-state index in [2.05, 4.69) is 0 Å². The van der Waals surface area contributed by atoms with E-state index in [1.165, 1.54) is 16.3 Å². The third kappa shape index (κ3) is 4.01. The third-order valence-corrected chi connectivity index (χ3v) is 8.10. The molecule has 2 aliphatic heterocycles. The summed E-state index contributed by atoms with van der Waals surface area (Å²) in [6.45, 7) is 2.21. The Balaban J connectivity index is 1.45. The molecule has 1 amide bonds. The predicted molar refractivity (Wildman–Crippen MR) is 130 cm³/mol. The van der Waals surface area contributed by atoms with Gasteiger partial charge in [-0.15, -0.1) is 0 Å². The maximum Gasteiger partial charge on any atom is 0.348 e. The third-order valence-electron chi connectivity index (χ3n) is 6.27. The molecule has 0 N–H and O–H groups in total. The zero-order valence-electron chi connectivity index (χ0n) is 19.3. The molecule has 0 aliphatic carbocycles. The van der Waals surface area contributed by atoms with E-state index >= 15 is 0 Å². The van der Waals surface area contributed by atoms with Crippen LogP contribution in [0.15, 0.2) is 71.6 Å². The van der Waals surface area contributed by atoms with E-state index in [0.29, 0.717) is 35.7 Å². The van der Waals surface area contributed by atoms with Crippen LogP contribution >= 0.6 is 0 Å². The van der Waals surface area contributed by atoms with Crippen molar-refractivity contribution in [2.75, 3.05) is 29.4 Å². The van der Waals surface area contributed by atoms with E-state index in [1.54, 1.807) is 66.7 Å². The average Bonchev–Trinajstić information content (AvgIpc) is 3.31. The molecule has 3 aromatic carbocycles. The molecule has 3 aromatic rings. The zero-order valence-corrected chi connectivity index (χ0v) is 20.1. The number of methoxy groups -OCH3 is 1. The maximum atomic E-state index is 13.5. The number of ether oxygens (including phenoxy) is 2. The van der Waals surface area contributed by atoms with Crippen LogP contribution in [0.25, 0.3) is 0 Å². The van der Waals surface area contributed by atoms with Crippen LogP contribution in [0.4, 0.5) is 11.4 Å². The highest BCUT2D eigenvalue weighted by Crippen LogP contribution is 2.37. The highest BCUT2D eigenvalue weighted by Gasteiger charge is 2.36. The molecule has 0 spiro atoms. The van der Waals surface area contributed by atoms with Gasteiger partial charge < -0.3 is 14.4 Å². The Morgan fingerprint density at radius 3 is 2.49 bits per heavy atom. The second kappa shape index (κ2) is 8.74. The highest BCUT2D eigenvalue weighted by molar-refractivity contribution is 7.92. The number of benzene rings is 3. The first-order valence-corrected chi connectivity index (χ1v) is 12.6. The van der Waals surface area contributed by atoms with Gasteiger partial charge in [0, 0.05) is 12.1 Å². The van der Waals surface area contributed by atoms with E-state index in [9.17, 15) is 18.0 Å². The number of rotatable bonds is 4. The number of esters is 1. The Kier molecular flexibility index (Phi) is 5.72. The van der Waals surface area contributed by atoms with Crippen molar-refractivity contribution < 1.29 is 27.5 Å². The van der Waals surface area contributed by atoms with E-state index in [1.807, 2.05) is 6.92 Å². The van der Waals surface area contributed by atoms with Crippen LogP contribution in [0.2, 0.25) is 0 Å². The number of anilines is 2. The molecule has 0 saturated carbocycles. The smallest absolute Gasteiger partial charge is 0.348 e. The summed E-state index contributed by atoms with van der Waals surface area (Å²) in [5.41, 5.74) is 3.28. The first-order valence-electron chi connectivity index (χ1n) is 11.2. The quantitative estimate of drug-likeness (QED) is 0.519. The van der Waals surface area contributed by atoms with Gasteiger partial charge in [-0.05, 0) is 61.4 Å². The molecular formula is C26H24N2O6S. The lowest BCUT2D eigenvalue weighted by atomic mass is 10.1. The number of carbonyl (C=O) groups excluding carboxylic acids is 2. The van der Waals surface area contributed by atoms with Crippen molar-refractivity contribution in [2.45, 2.75) is 24.3 Å². The average molecular weight is 493 g/mol. The van der Waals surface area contributed by atoms with Gasteiger partial charge in [-0.3, -0.25) is 9.10 Å². The van der Waals surface area contributed by atoms with Crippen LogP contribution in [-0.4, -0.2) is 46.6 Å². The number of carbonyl (C=O) groups is 2. The monoisotopic (exact) mass is 492 g/mol. The van der Waals surface area contributed by atoms with Gasteiger partial charge >= 0.3 is 5.97 Å². The summed E-state index contributed by atoms with van der Waals surface area (Å²) in [6, 6.07) is 18.8. The fourth-order valence-electron chi connectivity index (χ4n) is 4.43. The van der Waals surface area contributed by atoms with Crippen molar-refractivity contribution in [2.24, 2.45) is 0 Å². The zero-order chi connectivity index (χ0) is 24.7. The molecule has 1 atom stereocenters. The van der Waals surface area contributed by atoms with Gasteiger partial charge in [0.1, 0.15) is 5.75 Å². The Morgan fingerprint density at radius 2 is 1.74 bits per heavy atom. The van der Waals surface area contributed by atoms with Crippen LogP contribution in [0.1, 0.15) is 21.5 Å². The molecule has 2 heterocycles. The first-order chi connectivity index (χ1) is 16.8. The molecule has 8 nitrogen and oxygen atoms in total. The SMILES string of the molecule is COC(=O)C1CN(C(=O)c2ccc3c(c2)CCN3S(=O)(=O)c2ccc(C)cc2)c2ccccc2O1. The Hall–Kier alpha value is -3.85. The Labute approximate surface area is 203 Å². The van der Waals surface area contributed by atoms with Crippen molar-refractivity contribution in [3.63, 3.8) is 0 Å². The van der Waals surface area contributed by atoms with E-state index < -0.39 is 22.1 Å². The second-order valence-electron chi connectivity index (χ2n) is 8.50. The Bertz CT molecular complexity index is 1420. The number of sulfonamides is 1. The van der Waals surface area contributed by atoms with Gasteiger partial charge in [0.25, 0.3) is 15.9 Å². The predicted octanol–water partition coefficient (Wildman–Crippen LogP) is 3.33. The molecule has 180 valence electrons. The minimum Gasteiger partial charge on any atom is -0.475 e. The summed E-state index contributed by atoms with van der Waals surface area (Å²) < 4.78 is 38.4. The van der Waals surface area contributed by atoms with Gasteiger partial charge in [-0.2, -0.15) is 0 Å². The van der Waals surface area contributed by atoms with Crippen LogP contribution in [-0.2, 0) is 26.0 Å². The van der Waals surface area contributed by atoms with Gasteiger partial charge in [0.15, 0.2) is 0 Å². The molecule has 35 heavy (non-hydrogen) atoms. The van der Waals surface area contributed by atoms with Crippen molar-refractivity contribution in [1.82, 2.24) is 0 Å². The van der Waals surface area contributed by atoms with Gasteiger partial charge in [-0.25, -0.2) is 13.2 Å².